The number of hydrogen-bond donors (Lipinski definition) is 1. The summed E-state index contributed by atoms with van der Waals surface area (Å²) in [6.07, 6.45) is 3.40. The number of amides is 2. The second kappa shape index (κ2) is 7.99. The lowest BCUT2D eigenvalue weighted by Crippen LogP contribution is -2.45. The summed E-state index contributed by atoms with van der Waals surface area (Å²) in [5.41, 5.74) is 4.37. The highest BCUT2D eigenvalue weighted by molar-refractivity contribution is 6.04. The molecule has 0 unspecified atom stereocenters. The Hall–Kier alpha value is -2.89. The number of nitrogens with zero attached hydrogens (tertiary/aromatic N) is 3. The Balaban J connectivity index is 1.76. The number of piperazine rings is 1. The van der Waals surface area contributed by atoms with Crippen molar-refractivity contribution in [3.63, 3.8) is 0 Å². The molecule has 3 rings (SSSR count). The van der Waals surface area contributed by atoms with Crippen LogP contribution in [0.5, 0.6) is 0 Å². The number of anilines is 2. The fraction of sp³-hybridized carbons (Fsp3) is 0.350. The van der Waals surface area contributed by atoms with Crippen molar-refractivity contribution in [2.45, 2.75) is 20.3 Å². The van der Waals surface area contributed by atoms with Gasteiger partial charge in [-0.25, -0.2) is 0 Å². The van der Waals surface area contributed by atoms with Crippen molar-refractivity contribution in [2.24, 2.45) is 0 Å². The SMILES string of the molecule is CCc1cccc(C)c1NC(=O)c1cc(N2CCN(C=O)CC2)ccn1. The second-order valence-corrected chi connectivity index (χ2v) is 6.44. The van der Waals surface area contributed by atoms with Crippen molar-refractivity contribution < 1.29 is 9.59 Å². The first-order valence-electron chi connectivity index (χ1n) is 8.92. The molecule has 1 aliphatic heterocycles. The lowest BCUT2D eigenvalue weighted by Gasteiger charge is -2.34. The molecular weight excluding hydrogens is 328 g/mol. The van der Waals surface area contributed by atoms with Crippen molar-refractivity contribution in [2.75, 3.05) is 36.4 Å². The quantitative estimate of drug-likeness (QED) is 0.840. The number of para-hydroxylation sites is 1. The van der Waals surface area contributed by atoms with Crippen molar-refractivity contribution >= 4 is 23.7 Å². The minimum atomic E-state index is -0.206. The summed E-state index contributed by atoms with van der Waals surface area (Å²) in [6, 6.07) is 9.74. The standard InChI is InChI=1S/C20H24N4O2/c1-3-16-6-4-5-15(2)19(16)22-20(26)18-13-17(7-8-21-18)24-11-9-23(14-25)10-12-24/h4-8,13-14H,3,9-12H2,1-2H3,(H,22,26). The van der Waals surface area contributed by atoms with Gasteiger partial charge in [0, 0.05) is 43.8 Å². The Labute approximate surface area is 153 Å². The molecule has 1 N–H and O–H groups in total. The van der Waals surface area contributed by atoms with Crippen LogP contribution in [0.15, 0.2) is 36.5 Å². The van der Waals surface area contributed by atoms with Crippen LogP contribution in [0.25, 0.3) is 0 Å². The summed E-state index contributed by atoms with van der Waals surface area (Å²) in [6.45, 7) is 6.95. The molecule has 0 atom stereocenters. The molecular formula is C20H24N4O2. The van der Waals surface area contributed by atoms with Gasteiger partial charge in [-0.3, -0.25) is 14.6 Å². The van der Waals surface area contributed by atoms with Crippen molar-refractivity contribution in [3.8, 4) is 0 Å². The number of aryl methyl sites for hydroxylation is 2. The lowest BCUT2D eigenvalue weighted by atomic mass is 10.1. The van der Waals surface area contributed by atoms with Gasteiger partial charge in [0.25, 0.3) is 5.91 Å². The summed E-state index contributed by atoms with van der Waals surface area (Å²) in [7, 11) is 0. The first-order valence-corrected chi connectivity index (χ1v) is 8.92. The smallest absolute Gasteiger partial charge is 0.274 e. The number of carbonyl (C=O) groups excluding carboxylic acids is 2. The third kappa shape index (κ3) is 3.85. The van der Waals surface area contributed by atoms with Gasteiger partial charge in [0.15, 0.2) is 0 Å². The molecule has 0 radical (unpaired) electrons. The summed E-state index contributed by atoms with van der Waals surface area (Å²) in [5, 5.41) is 3.02. The number of nitrogens with one attached hydrogen (secondary N) is 1. The van der Waals surface area contributed by atoms with E-state index in [2.05, 4.69) is 22.1 Å². The fourth-order valence-electron chi connectivity index (χ4n) is 3.21. The van der Waals surface area contributed by atoms with Gasteiger partial charge in [0.05, 0.1) is 0 Å². The Morgan fingerprint density at radius 2 is 2.00 bits per heavy atom. The van der Waals surface area contributed by atoms with Gasteiger partial charge in [-0.05, 0) is 36.6 Å². The van der Waals surface area contributed by atoms with E-state index < -0.39 is 0 Å². The van der Waals surface area contributed by atoms with Crippen molar-refractivity contribution in [1.82, 2.24) is 9.88 Å². The van der Waals surface area contributed by atoms with E-state index in [1.807, 2.05) is 37.3 Å². The van der Waals surface area contributed by atoms with Crippen LogP contribution in [0.4, 0.5) is 11.4 Å². The average molecular weight is 352 g/mol. The van der Waals surface area contributed by atoms with Crippen LogP contribution in [-0.4, -0.2) is 48.4 Å². The largest absolute Gasteiger partial charge is 0.368 e. The molecule has 1 fully saturated rings. The maximum absolute atomic E-state index is 12.7. The number of rotatable bonds is 5. The zero-order valence-electron chi connectivity index (χ0n) is 15.2. The molecule has 0 saturated carbocycles. The van der Waals surface area contributed by atoms with Gasteiger partial charge in [-0.15, -0.1) is 0 Å². The molecule has 2 amide bonds. The van der Waals surface area contributed by atoms with Gasteiger partial charge >= 0.3 is 0 Å². The lowest BCUT2D eigenvalue weighted by molar-refractivity contribution is -0.118. The van der Waals surface area contributed by atoms with Crippen LogP contribution < -0.4 is 10.2 Å². The summed E-state index contributed by atoms with van der Waals surface area (Å²) in [5.74, 6) is -0.206. The normalized spacial score (nSPS) is 14.2. The van der Waals surface area contributed by atoms with Crippen LogP contribution in [0.3, 0.4) is 0 Å². The van der Waals surface area contributed by atoms with Gasteiger partial charge in [0.1, 0.15) is 5.69 Å². The third-order valence-electron chi connectivity index (χ3n) is 4.78. The molecule has 1 aromatic carbocycles. The first kappa shape index (κ1) is 17.9. The van der Waals surface area contributed by atoms with Gasteiger partial charge in [0.2, 0.25) is 6.41 Å². The number of aromatic nitrogens is 1. The Bertz CT molecular complexity index is 798. The highest BCUT2D eigenvalue weighted by Gasteiger charge is 2.18. The van der Waals surface area contributed by atoms with Gasteiger partial charge < -0.3 is 15.1 Å². The number of benzene rings is 1. The van der Waals surface area contributed by atoms with E-state index in [1.54, 1.807) is 11.1 Å². The minimum absolute atomic E-state index is 0.206. The maximum atomic E-state index is 12.7. The molecule has 6 heteroatoms. The van der Waals surface area contributed by atoms with E-state index in [0.717, 1.165) is 48.4 Å². The Kier molecular flexibility index (Phi) is 5.51. The van der Waals surface area contributed by atoms with E-state index >= 15 is 0 Å². The predicted octanol–water partition coefficient (Wildman–Crippen LogP) is 2.48. The number of hydrogen-bond acceptors (Lipinski definition) is 4. The van der Waals surface area contributed by atoms with Crippen LogP contribution in [0.1, 0.15) is 28.5 Å². The van der Waals surface area contributed by atoms with E-state index in [-0.39, 0.29) is 5.91 Å². The second-order valence-electron chi connectivity index (χ2n) is 6.44. The van der Waals surface area contributed by atoms with E-state index in [9.17, 15) is 9.59 Å². The molecule has 0 spiro atoms. The number of carbonyl (C=O) groups is 2. The van der Waals surface area contributed by atoms with E-state index in [1.165, 1.54) is 0 Å². The molecule has 136 valence electrons. The van der Waals surface area contributed by atoms with Crippen molar-refractivity contribution in [1.29, 1.82) is 0 Å². The van der Waals surface area contributed by atoms with E-state index in [0.29, 0.717) is 18.8 Å². The third-order valence-corrected chi connectivity index (χ3v) is 4.78. The van der Waals surface area contributed by atoms with E-state index in [4.69, 9.17) is 0 Å². The molecule has 26 heavy (non-hydrogen) atoms. The Morgan fingerprint density at radius 1 is 1.23 bits per heavy atom. The fourth-order valence-corrected chi connectivity index (χ4v) is 3.21. The molecule has 6 nitrogen and oxygen atoms in total. The summed E-state index contributed by atoms with van der Waals surface area (Å²) in [4.78, 5) is 31.7. The summed E-state index contributed by atoms with van der Waals surface area (Å²) < 4.78 is 0. The minimum Gasteiger partial charge on any atom is -0.368 e. The molecule has 0 aliphatic carbocycles. The van der Waals surface area contributed by atoms with Crippen LogP contribution in [0.2, 0.25) is 0 Å². The topological polar surface area (TPSA) is 65.5 Å². The molecule has 0 bridgehead atoms. The molecule has 1 saturated heterocycles. The zero-order chi connectivity index (χ0) is 18.5. The summed E-state index contributed by atoms with van der Waals surface area (Å²) >= 11 is 0. The van der Waals surface area contributed by atoms with Crippen molar-refractivity contribution in [3.05, 3.63) is 53.3 Å². The predicted molar refractivity (Wildman–Crippen MR) is 103 cm³/mol. The molecule has 1 aromatic heterocycles. The maximum Gasteiger partial charge on any atom is 0.274 e. The number of pyridine rings is 1. The van der Waals surface area contributed by atoms with Crippen LogP contribution >= 0.6 is 0 Å². The zero-order valence-corrected chi connectivity index (χ0v) is 15.2. The monoisotopic (exact) mass is 352 g/mol. The average Bonchev–Trinajstić information content (AvgIpc) is 2.69. The molecule has 2 aromatic rings. The first-order chi connectivity index (χ1) is 12.6. The highest BCUT2D eigenvalue weighted by atomic mass is 16.2. The van der Waals surface area contributed by atoms with Crippen LogP contribution in [0, 0.1) is 6.92 Å². The molecule has 2 heterocycles. The van der Waals surface area contributed by atoms with Gasteiger partial charge in [-0.2, -0.15) is 0 Å². The van der Waals surface area contributed by atoms with Gasteiger partial charge in [-0.1, -0.05) is 25.1 Å². The molecule has 1 aliphatic rings. The Morgan fingerprint density at radius 3 is 2.69 bits per heavy atom. The highest BCUT2D eigenvalue weighted by Crippen LogP contribution is 2.22. The van der Waals surface area contributed by atoms with Crippen LogP contribution in [-0.2, 0) is 11.2 Å².